The lowest BCUT2D eigenvalue weighted by molar-refractivity contribution is -0.128. The molecule has 20 heavy (non-hydrogen) atoms. The summed E-state index contributed by atoms with van der Waals surface area (Å²) in [4.78, 5) is 23.3. The van der Waals surface area contributed by atoms with Crippen LogP contribution < -0.4 is 21.5 Å². The van der Waals surface area contributed by atoms with Gasteiger partial charge in [-0.2, -0.15) is 0 Å². The Balaban J connectivity index is 2.88. The molecule has 0 saturated heterocycles. The Morgan fingerprint density at radius 2 is 1.90 bits per heavy atom. The summed E-state index contributed by atoms with van der Waals surface area (Å²) < 4.78 is 5.50. The van der Waals surface area contributed by atoms with Gasteiger partial charge in [-0.05, 0) is 45.9 Å². The number of ether oxygens (including phenoxy) is 1. The Morgan fingerprint density at radius 1 is 1.30 bits per heavy atom. The van der Waals surface area contributed by atoms with Crippen LogP contribution in [0.5, 0.6) is 5.75 Å². The molecule has 1 atom stereocenters. The zero-order valence-electron chi connectivity index (χ0n) is 12.2. The van der Waals surface area contributed by atoms with Gasteiger partial charge in [-0.3, -0.25) is 9.59 Å². The van der Waals surface area contributed by atoms with E-state index in [4.69, 9.17) is 16.2 Å². The first kappa shape index (κ1) is 15.8. The van der Waals surface area contributed by atoms with E-state index >= 15 is 0 Å². The first-order valence-corrected chi connectivity index (χ1v) is 6.28. The average molecular weight is 279 g/mol. The smallest absolute Gasteiger partial charge is 0.261 e. The predicted octanol–water partition coefficient (Wildman–Crippen LogP) is 1.05. The number of hydrogen-bond acceptors (Lipinski definition) is 4. The largest absolute Gasteiger partial charge is 0.480 e. The zero-order chi connectivity index (χ0) is 15.5. The Hall–Kier alpha value is -2.24. The van der Waals surface area contributed by atoms with Crippen LogP contribution in [-0.4, -0.2) is 23.5 Å². The molecule has 0 aliphatic carbocycles. The molecular formula is C14H21N3O3. The summed E-state index contributed by atoms with van der Waals surface area (Å²) in [6.45, 7) is 7.21. The monoisotopic (exact) mass is 279 g/mol. The highest BCUT2D eigenvalue weighted by Gasteiger charge is 2.22. The summed E-state index contributed by atoms with van der Waals surface area (Å²) >= 11 is 0. The summed E-state index contributed by atoms with van der Waals surface area (Å²) in [5.41, 5.74) is 11.1. The van der Waals surface area contributed by atoms with Crippen molar-refractivity contribution in [3.8, 4) is 5.75 Å². The Labute approximate surface area is 118 Å². The van der Waals surface area contributed by atoms with E-state index in [1.165, 1.54) is 12.1 Å². The van der Waals surface area contributed by atoms with Crippen molar-refractivity contribution in [2.45, 2.75) is 39.3 Å². The molecule has 0 radical (unpaired) electrons. The fourth-order valence-electron chi connectivity index (χ4n) is 1.56. The van der Waals surface area contributed by atoms with E-state index in [1.807, 2.05) is 20.8 Å². The predicted molar refractivity (Wildman–Crippen MR) is 77.4 cm³/mol. The second-order valence-electron chi connectivity index (χ2n) is 5.62. The standard InChI is InChI=1S/C14H21N3O3/c1-8(13(19)17-14(2,3)4)20-11-6-5-9(15)7-10(11)12(16)18/h5-8H,15H2,1-4H3,(H2,16,18)(H,17,19). The van der Waals surface area contributed by atoms with Crippen molar-refractivity contribution >= 4 is 17.5 Å². The lowest BCUT2D eigenvalue weighted by atomic mass is 10.1. The van der Waals surface area contributed by atoms with Crippen LogP contribution in [0.4, 0.5) is 5.69 Å². The van der Waals surface area contributed by atoms with E-state index in [1.54, 1.807) is 13.0 Å². The van der Waals surface area contributed by atoms with Gasteiger partial charge in [0.2, 0.25) is 0 Å². The highest BCUT2D eigenvalue weighted by atomic mass is 16.5. The topological polar surface area (TPSA) is 107 Å². The summed E-state index contributed by atoms with van der Waals surface area (Å²) in [6.07, 6.45) is -0.754. The van der Waals surface area contributed by atoms with Crippen molar-refractivity contribution < 1.29 is 14.3 Å². The minimum Gasteiger partial charge on any atom is -0.480 e. The van der Waals surface area contributed by atoms with Gasteiger partial charge >= 0.3 is 0 Å². The number of hydrogen-bond donors (Lipinski definition) is 3. The Morgan fingerprint density at radius 3 is 2.40 bits per heavy atom. The van der Waals surface area contributed by atoms with Crippen LogP contribution in [0.15, 0.2) is 18.2 Å². The molecule has 0 bridgehead atoms. The Kier molecular flexibility index (Phi) is 4.60. The van der Waals surface area contributed by atoms with E-state index in [-0.39, 0.29) is 22.8 Å². The van der Waals surface area contributed by atoms with Gasteiger partial charge in [0.25, 0.3) is 11.8 Å². The molecule has 6 heteroatoms. The van der Waals surface area contributed by atoms with Gasteiger partial charge in [-0.1, -0.05) is 0 Å². The molecule has 0 saturated carbocycles. The maximum absolute atomic E-state index is 11.9. The number of rotatable bonds is 4. The van der Waals surface area contributed by atoms with Gasteiger partial charge in [0.05, 0.1) is 5.56 Å². The molecule has 2 amide bonds. The van der Waals surface area contributed by atoms with E-state index in [9.17, 15) is 9.59 Å². The second kappa shape index (κ2) is 5.81. The number of carbonyl (C=O) groups excluding carboxylic acids is 2. The van der Waals surface area contributed by atoms with E-state index in [0.29, 0.717) is 5.69 Å². The minimum absolute atomic E-state index is 0.153. The number of benzene rings is 1. The molecule has 6 nitrogen and oxygen atoms in total. The molecule has 1 rings (SSSR count). The number of carbonyl (C=O) groups is 2. The highest BCUT2D eigenvalue weighted by molar-refractivity contribution is 5.96. The second-order valence-corrected chi connectivity index (χ2v) is 5.62. The van der Waals surface area contributed by atoms with E-state index in [0.717, 1.165) is 0 Å². The van der Waals surface area contributed by atoms with Gasteiger partial charge < -0.3 is 21.5 Å². The molecule has 0 spiro atoms. The molecule has 0 heterocycles. The molecule has 0 aromatic heterocycles. The third-order valence-electron chi connectivity index (χ3n) is 2.44. The number of anilines is 1. The van der Waals surface area contributed by atoms with Gasteiger partial charge in [0.15, 0.2) is 6.10 Å². The molecule has 110 valence electrons. The normalized spacial score (nSPS) is 12.6. The van der Waals surface area contributed by atoms with Gasteiger partial charge in [-0.15, -0.1) is 0 Å². The molecule has 1 aromatic carbocycles. The average Bonchev–Trinajstić information content (AvgIpc) is 2.28. The number of primary amides is 1. The quantitative estimate of drug-likeness (QED) is 0.716. The fraction of sp³-hybridized carbons (Fsp3) is 0.429. The van der Waals surface area contributed by atoms with Gasteiger partial charge in [0.1, 0.15) is 5.75 Å². The van der Waals surface area contributed by atoms with Crippen molar-refractivity contribution in [3.63, 3.8) is 0 Å². The minimum atomic E-state index is -0.754. The van der Waals surface area contributed by atoms with Crippen LogP contribution in [0.2, 0.25) is 0 Å². The lowest BCUT2D eigenvalue weighted by Gasteiger charge is -2.24. The fourth-order valence-corrected chi connectivity index (χ4v) is 1.56. The summed E-state index contributed by atoms with van der Waals surface area (Å²) in [7, 11) is 0. The number of amides is 2. The Bertz CT molecular complexity index is 521. The summed E-state index contributed by atoms with van der Waals surface area (Å²) in [5, 5.41) is 2.79. The van der Waals surface area contributed by atoms with Crippen LogP contribution in [0, 0.1) is 0 Å². The van der Waals surface area contributed by atoms with Gasteiger partial charge in [0, 0.05) is 11.2 Å². The van der Waals surface area contributed by atoms with Crippen LogP contribution in [0.25, 0.3) is 0 Å². The number of nitrogens with one attached hydrogen (secondary N) is 1. The van der Waals surface area contributed by atoms with Crippen molar-refractivity contribution in [3.05, 3.63) is 23.8 Å². The molecular weight excluding hydrogens is 258 g/mol. The number of nitrogens with two attached hydrogens (primary N) is 2. The van der Waals surface area contributed by atoms with Crippen molar-refractivity contribution in [1.82, 2.24) is 5.32 Å². The maximum Gasteiger partial charge on any atom is 0.261 e. The number of nitrogen functional groups attached to an aromatic ring is 1. The molecule has 0 aliphatic heterocycles. The van der Waals surface area contributed by atoms with Crippen LogP contribution >= 0.6 is 0 Å². The van der Waals surface area contributed by atoms with Crippen LogP contribution in [-0.2, 0) is 4.79 Å². The molecule has 0 aliphatic rings. The van der Waals surface area contributed by atoms with Crippen molar-refractivity contribution in [1.29, 1.82) is 0 Å². The summed E-state index contributed by atoms with van der Waals surface area (Å²) in [5.74, 6) is -0.691. The molecule has 1 unspecified atom stereocenters. The van der Waals surface area contributed by atoms with Crippen molar-refractivity contribution in [2.75, 3.05) is 5.73 Å². The third kappa shape index (κ3) is 4.46. The van der Waals surface area contributed by atoms with E-state index < -0.39 is 12.0 Å². The summed E-state index contributed by atoms with van der Waals surface area (Å²) in [6, 6.07) is 4.53. The van der Waals surface area contributed by atoms with Gasteiger partial charge in [-0.25, -0.2) is 0 Å². The van der Waals surface area contributed by atoms with Crippen LogP contribution in [0.1, 0.15) is 38.1 Å². The lowest BCUT2D eigenvalue weighted by Crippen LogP contribution is -2.46. The van der Waals surface area contributed by atoms with Crippen LogP contribution in [0.3, 0.4) is 0 Å². The molecule has 1 aromatic rings. The molecule has 0 fully saturated rings. The first-order valence-electron chi connectivity index (χ1n) is 6.28. The third-order valence-corrected chi connectivity index (χ3v) is 2.44. The first-order chi connectivity index (χ1) is 9.10. The zero-order valence-corrected chi connectivity index (χ0v) is 12.2. The molecule has 5 N–H and O–H groups in total. The highest BCUT2D eigenvalue weighted by Crippen LogP contribution is 2.22. The SMILES string of the molecule is CC(Oc1ccc(N)cc1C(N)=O)C(=O)NC(C)(C)C. The maximum atomic E-state index is 11.9. The van der Waals surface area contributed by atoms with E-state index in [2.05, 4.69) is 5.32 Å². The van der Waals surface area contributed by atoms with Crippen molar-refractivity contribution in [2.24, 2.45) is 5.73 Å².